The summed E-state index contributed by atoms with van der Waals surface area (Å²) in [5.41, 5.74) is 3.38. The van der Waals surface area contributed by atoms with Crippen molar-refractivity contribution < 1.29 is 23.5 Å². The zero-order chi connectivity index (χ0) is 21.3. The average Bonchev–Trinajstić information content (AvgIpc) is 3.47. The first-order valence-electron chi connectivity index (χ1n) is 9.83. The number of urea groups is 1. The summed E-state index contributed by atoms with van der Waals surface area (Å²) in [6.45, 7) is 4.10. The maximum absolute atomic E-state index is 12.7. The van der Waals surface area contributed by atoms with Gasteiger partial charge in [-0.1, -0.05) is 6.07 Å². The van der Waals surface area contributed by atoms with Gasteiger partial charge in [-0.2, -0.15) is 0 Å². The number of furan rings is 1. The molecule has 0 saturated carbocycles. The molecule has 4 rings (SSSR count). The van der Waals surface area contributed by atoms with Crippen LogP contribution in [-0.2, 0) is 16.1 Å². The Labute approximate surface area is 174 Å². The fourth-order valence-corrected chi connectivity index (χ4v) is 3.79. The fraction of sp³-hybridized carbons (Fsp3) is 0.318. The molecule has 3 amide bonds. The Morgan fingerprint density at radius 1 is 1.20 bits per heavy atom. The van der Waals surface area contributed by atoms with Crippen LogP contribution in [0.3, 0.4) is 0 Å². The Hall–Kier alpha value is -3.55. The van der Waals surface area contributed by atoms with E-state index in [2.05, 4.69) is 21.0 Å². The van der Waals surface area contributed by atoms with Crippen molar-refractivity contribution in [2.24, 2.45) is 0 Å². The average molecular weight is 409 g/mol. The molecular formula is C22H23N3O5. The summed E-state index contributed by atoms with van der Waals surface area (Å²) >= 11 is 0. The summed E-state index contributed by atoms with van der Waals surface area (Å²) in [5, 5.41) is 2.61. The van der Waals surface area contributed by atoms with E-state index in [0.717, 1.165) is 29.1 Å². The maximum atomic E-state index is 12.7. The SMILES string of the molecule is COC(=O)c1ccc(CN2C(=O)N/C(=C\c3ccc(N4CCCC4)c(C)c3)C2=O)o1. The largest absolute Gasteiger partial charge is 0.463 e. The lowest BCUT2D eigenvalue weighted by Gasteiger charge is -2.20. The molecular weight excluding hydrogens is 386 g/mol. The van der Waals surface area contributed by atoms with E-state index < -0.39 is 17.9 Å². The van der Waals surface area contributed by atoms with Crippen LogP contribution < -0.4 is 10.2 Å². The van der Waals surface area contributed by atoms with E-state index in [9.17, 15) is 14.4 Å². The molecule has 2 aliphatic rings. The van der Waals surface area contributed by atoms with E-state index in [4.69, 9.17) is 4.42 Å². The number of anilines is 1. The van der Waals surface area contributed by atoms with E-state index in [1.807, 2.05) is 19.1 Å². The number of methoxy groups -OCH3 is 1. The van der Waals surface area contributed by atoms with Crippen molar-refractivity contribution in [2.75, 3.05) is 25.1 Å². The molecule has 2 aromatic rings. The molecule has 3 heterocycles. The number of imide groups is 1. The molecule has 2 fully saturated rings. The Morgan fingerprint density at radius 3 is 2.67 bits per heavy atom. The summed E-state index contributed by atoms with van der Waals surface area (Å²) in [6, 6.07) is 8.47. The molecule has 2 saturated heterocycles. The van der Waals surface area contributed by atoms with Crippen molar-refractivity contribution >= 4 is 29.7 Å². The molecule has 1 aromatic carbocycles. The molecule has 2 aliphatic heterocycles. The number of esters is 1. The quantitative estimate of drug-likeness (QED) is 0.464. The minimum atomic E-state index is -0.619. The van der Waals surface area contributed by atoms with Crippen molar-refractivity contribution in [3.8, 4) is 0 Å². The lowest BCUT2D eigenvalue weighted by Crippen LogP contribution is -2.30. The first kappa shape index (κ1) is 19.8. The normalized spacial score (nSPS) is 17.7. The fourth-order valence-electron chi connectivity index (χ4n) is 3.79. The standard InChI is InChI=1S/C22H23N3O5/c1-14-11-15(5-7-18(14)24-9-3-4-10-24)12-17-20(26)25(22(28)23-17)13-16-6-8-19(30-16)21(27)29-2/h5-8,11-12H,3-4,9-10,13H2,1-2H3,(H,23,28)/b17-12-. The second-order valence-electron chi connectivity index (χ2n) is 7.38. The highest BCUT2D eigenvalue weighted by Gasteiger charge is 2.34. The number of hydrogen-bond donors (Lipinski definition) is 1. The third kappa shape index (κ3) is 3.80. The number of rotatable bonds is 5. The third-order valence-corrected chi connectivity index (χ3v) is 5.30. The Morgan fingerprint density at radius 2 is 1.97 bits per heavy atom. The van der Waals surface area contributed by atoms with Crippen LogP contribution >= 0.6 is 0 Å². The van der Waals surface area contributed by atoms with Crippen LogP contribution in [0.2, 0.25) is 0 Å². The Kier molecular flexibility index (Phi) is 5.31. The zero-order valence-corrected chi connectivity index (χ0v) is 16.9. The Bertz CT molecular complexity index is 1030. The highest BCUT2D eigenvalue weighted by Crippen LogP contribution is 2.26. The van der Waals surface area contributed by atoms with Crippen molar-refractivity contribution in [3.63, 3.8) is 0 Å². The second kappa shape index (κ2) is 8.06. The number of aryl methyl sites for hydroxylation is 1. The van der Waals surface area contributed by atoms with E-state index >= 15 is 0 Å². The summed E-state index contributed by atoms with van der Waals surface area (Å²) in [4.78, 5) is 39.9. The van der Waals surface area contributed by atoms with Gasteiger partial charge in [-0.15, -0.1) is 0 Å². The molecule has 0 spiro atoms. The van der Waals surface area contributed by atoms with Crippen molar-refractivity contribution in [1.29, 1.82) is 0 Å². The number of hydrogen-bond acceptors (Lipinski definition) is 6. The van der Waals surface area contributed by atoms with Crippen LogP contribution in [0.4, 0.5) is 10.5 Å². The molecule has 8 nitrogen and oxygen atoms in total. The van der Waals surface area contributed by atoms with Gasteiger partial charge in [0.05, 0.1) is 13.7 Å². The van der Waals surface area contributed by atoms with Gasteiger partial charge in [0, 0.05) is 18.8 Å². The number of carbonyl (C=O) groups excluding carboxylic acids is 3. The number of nitrogens with zero attached hydrogens (tertiary/aromatic N) is 2. The highest BCUT2D eigenvalue weighted by atomic mass is 16.5. The van der Waals surface area contributed by atoms with Crippen LogP contribution in [0, 0.1) is 6.92 Å². The molecule has 30 heavy (non-hydrogen) atoms. The maximum Gasteiger partial charge on any atom is 0.373 e. The minimum Gasteiger partial charge on any atom is -0.463 e. The summed E-state index contributed by atoms with van der Waals surface area (Å²) in [5.74, 6) is -0.737. The molecule has 1 N–H and O–H groups in total. The molecule has 0 unspecified atom stereocenters. The van der Waals surface area contributed by atoms with Crippen LogP contribution in [0.1, 0.15) is 40.3 Å². The van der Waals surface area contributed by atoms with E-state index in [-0.39, 0.29) is 18.0 Å². The van der Waals surface area contributed by atoms with Crippen molar-refractivity contribution in [2.45, 2.75) is 26.3 Å². The minimum absolute atomic E-state index is 0.0175. The second-order valence-corrected chi connectivity index (χ2v) is 7.38. The lowest BCUT2D eigenvalue weighted by molar-refractivity contribution is -0.123. The predicted molar refractivity (Wildman–Crippen MR) is 110 cm³/mol. The predicted octanol–water partition coefficient (Wildman–Crippen LogP) is 3.07. The summed E-state index contributed by atoms with van der Waals surface area (Å²) < 4.78 is 9.94. The van der Waals surface area contributed by atoms with E-state index in [1.54, 1.807) is 6.08 Å². The van der Waals surface area contributed by atoms with Crippen LogP contribution in [0.15, 0.2) is 40.4 Å². The van der Waals surface area contributed by atoms with Gasteiger partial charge < -0.3 is 19.4 Å². The smallest absolute Gasteiger partial charge is 0.373 e. The number of amides is 3. The van der Waals surface area contributed by atoms with E-state index in [0.29, 0.717) is 5.76 Å². The number of carbonyl (C=O) groups is 3. The molecule has 1 aromatic heterocycles. The molecule has 156 valence electrons. The molecule has 0 atom stereocenters. The van der Waals surface area contributed by atoms with Crippen LogP contribution in [0.25, 0.3) is 6.08 Å². The van der Waals surface area contributed by atoms with Gasteiger partial charge in [-0.25, -0.2) is 9.59 Å². The zero-order valence-electron chi connectivity index (χ0n) is 16.9. The van der Waals surface area contributed by atoms with Crippen LogP contribution in [0.5, 0.6) is 0 Å². The number of nitrogens with one attached hydrogen (secondary N) is 1. The number of ether oxygens (including phenoxy) is 1. The first-order chi connectivity index (χ1) is 14.5. The van der Waals surface area contributed by atoms with Gasteiger partial charge in [-0.3, -0.25) is 9.69 Å². The topological polar surface area (TPSA) is 92.1 Å². The van der Waals surface area contributed by atoms with E-state index in [1.165, 1.54) is 37.8 Å². The lowest BCUT2D eigenvalue weighted by atomic mass is 10.1. The van der Waals surface area contributed by atoms with Crippen LogP contribution in [-0.4, -0.2) is 43.0 Å². The molecule has 0 aliphatic carbocycles. The van der Waals surface area contributed by atoms with Gasteiger partial charge in [0.25, 0.3) is 5.91 Å². The molecule has 0 radical (unpaired) electrons. The summed E-state index contributed by atoms with van der Waals surface area (Å²) in [7, 11) is 1.25. The van der Waals surface area contributed by atoms with Gasteiger partial charge in [0.15, 0.2) is 0 Å². The molecule has 8 heteroatoms. The Balaban J connectivity index is 1.49. The van der Waals surface area contributed by atoms with Gasteiger partial charge in [-0.05, 0) is 61.2 Å². The van der Waals surface area contributed by atoms with Gasteiger partial charge >= 0.3 is 12.0 Å². The van der Waals surface area contributed by atoms with Gasteiger partial charge in [0.1, 0.15) is 11.5 Å². The van der Waals surface area contributed by atoms with Gasteiger partial charge in [0.2, 0.25) is 5.76 Å². The first-order valence-corrected chi connectivity index (χ1v) is 9.83. The highest BCUT2D eigenvalue weighted by molar-refractivity contribution is 6.13. The number of benzene rings is 1. The third-order valence-electron chi connectivity index (χ3n) is 5.30. The monoisotopic (exact) mass is 409 g/mol. The van der Waals surface area contributed by atoms with Crippen molar-refractivity contribution in [1.82, 2.24) is 10.2 Å². The summed E-state index contributed by atoms with van der Waals surface area (Å²) in [6.07, 6.45) is 4.08. The van der Waals surface area contributed by atoms with Crippen molar-refractivity contribution in [3.05, 3.63) is 58.7 Å². The molecule has 0 bridgehead atoms.